The van der Waals surface area contributed by atoms with E-state index in [9.17, 15) is 4.79 Å². The summed E-state index contributed by atoms with van der Waals surface area (Å²) in [4.78, 5) is 23.8. The number of nitrogens with one attached hydrogen (secondary N) is 1. The first kappa shape index (κ1) is 16.5. The molecule has 2 fully saturated rings. The highest BCUT2D eigenvalue weighted by molar-refractivity contribution is 7.13. The van der Waals surface area contributed by atoms with Crippen molar-refractivity contribution in [1.29, 1.82) is 0 Å². The summed E-state index contributed by atoms with van der Waals surface area (Å²) in [6.45, 7) is 2.18. The SMILES string of the molecule is O=C(NC1CCCCC1)c1csc(-c2ccc(N3CCCC3)nc2)n1. The van der Waals surface area contributed by atoms with E-state index in [0.717, 1.165) is 42.3 Å². The van der Waals surface area contributed by atoms with E-state index in [2.05, 4.69) is 32.3 Å². The second-order valence-corrected chi connectivity index (χ2v) is 7.80. The van der Waals surface area contributed by atoms with Crippen LogP contribution >= 0.6 is 11.3 Å². The maximum atomic E-state index is 12.4. The summed E-state index contributed by atoms with van der Waals surface area (Å²) in [6.07, 6.45) is 10.2. The van der Waals surface area contributed by atoms with E-state index in [4.69, 9.17) is 0 Å². The molecule has 0 radical (unpaired) electrons. The van der Waals surface area contributed by atoms with Gasteiger partial charge in [0.25, 0.3) is 5.91 Å². The Morgan fingerprint density at radius 2 is 1.92 bits per heavy atom. The number of aromatic nitrogens is 2. The van der Waals surface area contributed by atoms with Crippen molar-refractivity contribution in [2.24, 2.45) is 0 Å². The van der Waals surface area contributed by atoms with Crippen molar-refractivity contribution >= 4 is 23.1 Å². The first-order valence-corrected chi connectivity index (χ1v) is 10.2. The lowest BCUT2D eigenvalue weighted by Gasteiger charge is -2.22. The van der Waals surface area contributed by atoms with Crippen LogP contribution in [-0.2, 0) is 0 Å². The number of rotatable bonds is 4. The lowest BCUT2D eigenvalue weighted by atomic mass is 9.95. The third-order valence-electron chi connectivity index (χ3n) is 5.10. The Bertz CT molecular complexity index is 715. The summed E-state index contributed by atoms with van der Waals surface area (Å²) in [5.41, 5.74) is 1.50. The highest BCUT2D eigenvalue weighted by atomic mass is 32.1. The van der Waals surface area contributed by atoms with E-state index in [1.807, 2.05) is 11.6 Å². The standard InChI is InChI=1S/C19H24N4OS/c24-18(21-15-6-2-1-3-7-15)16-13-25-19(22-16)14-8-9-17(20-12-14)23-10-4-5-11-23/h8-9,12-13,15H,1-7,10-11H2,(H,21,24). The lowest BCUT2D eigenvalue weighted by molar-refractivity contribution is 0.0923. The van der Waals surface area contributed by atoms with Crippen LogP contribution in [0.15, 0.2) is 23.7 Å². The molecule has 1 saturated heterocycles. The van der Waals surface area contributed by atoms with Crippen LogP contribution in [0, 0.1) is 0 Å². The topological polar surface area (TPSA) is 58.1 Å². The van der Waals surface area contributed by atoms with Gasteiger partial charge in [-0.15, -0.1) is 11.3 Å². The van der Waals surface area contributed by atoms with Gasteiger partial charge in [0, 0.05) is 36.3 Å². The molecular weight excluding hydrogens is 332 g/mol. The van der Waals surface area contributed by atoms with Gasteiger partial charge in [-0.1, -0.05) is 19.3 Å². The molecule has 3 heterocycles. The Morgan fingerprint density at radius 3 is 2.64 bits per heavy atom. The minimum absolute atomic E-state index is 0.0453. The van der Waals surface area contributed by atoms with Crippen molar-refractivity contribution in [2.45, 2.75) is 51.0 Å². The largest absolute Gasteiger partial charge is 0.357 e. The molecule has 1 amide bonds. The van der Waals surface area contributed by atoms with E-state index in [0.29, 0.717) is 11.7 Å². The maximum Gasteiger partial charge on any atom is 0.270 e. The predicted octanol–water partition coefficient (Wildman–Crippen LogP) is 3.87. The van der Waals surface area contributed by atoms with Crippen LogP contribution in [0.5, 0.6) is 0 Å². The molecule has 0 bridgehead atoms. The number of thiazole rings is 1. The molecule has 25 heavy (non-hydrogen) atoms. The quantitative estimate of drug-likeness (QED) is 0.903. The van der Waals surface area contributed by atoms with Crippen molar-refractivity contribution in [1.82, 2.24) is 15.3 Å². The molecule has 2 aromatic heterocycles. The van der Waals surface area contributed by atoms with Crippen LogP contribution in [0.25, 0.3) is 10.6 Å². The molecule has 0 aromatic carbocycles. The van der Waals surface area contributed by atoms with Gasteiger partial charge < -0.3 is 10.2 Å². The maximum absolute atomic E-state index is 12.4. The average Bonchev–Trinajstić information content (AvgIpc) is 3.35. The van der Waals surface area contributed by atoms with E-state index in [1.54, 1.807) is 0 Å². The molecule has 1 aliphatic carbocycles. The van der Waals surface area contributed by atoms with Crippen molar-refractivity contribution in [2.75, 3.05) is 18.0 Å². The monoisotopic (exact) mass is 356 g/mol. The van der Waals surface area contributed by atoms with E-state index in [-0.39, 0.29) is 5.91 Å². The summed E-state index contributed by atoms with van der Waals surface area (Å²) in [7, 11) is 0. The first-order chi connectivity index (χ1) is 12.3. The zero-order valence-electron chi connectivity index (χ0n) is 14.4. The Morgan fingerprint density at radius 1 is 1.12 bits per heavy atom. The number of anilines is 1. The summed E-state index contributed by atoms with van der Waals surface area (Å²) in [5.74, 6) is 0.990. The van der Waals surface area contributed by atoms with Gasteiger partial charge in [-0.2, -0.15) is 0 Å². The predicted molar refractivity (Wildman–Crippen MR) is 101 cm³/mol. The van der Waals surface area contributed by atoms with E-state index < -0.39 is 0 Å². The smallest absolute Gasteiger partial charge is 0.270 e. The molecule has 1 N–H and O–H groups in total. The van der Waals surface area contributed by atoms with Gasteiger partial charge in [0.1, 0.15) is 16.5 Å². The Balaban J connectivity index is 1.42. The molecule has 132 valence electrons. The molecule has 0 unspecified atom stereocenters. The number of pyridine rings is 1. The van der Waals surface area contributed by atoms with E-state index >= 15 is 0 Å². The zero-order chi connectivity index (χ0) is 17.1. The van der Waals surface area contributed by atoms with Crippen molar-refractivity contribution in [3.8, 4) is 10.6 Å². The van der Waals surface area contributed by atoms with Gasteiger partial charge in [0.15, 0.2) is 0 Å². The number of carbonyl (C=O) groups is 1. The summed E-state index contributed by atoms with van der Waals surface area (Å²) >= 11 is 1.51. The second kappa shape index (κ2) is 7.52. The van der Waals surface area contributed by atoms with Crippen LogP contribution < -0.4 is 10.2 Å². The van der Waals surface area contributed by atoms with Gasteiger partial charge >= 0.3 is 0 Å². The summed E-state index contributed by atoms with van der Waals surface area (Å²) in [6, 6.07) is 4.43. The summed E-state index contributed by atoms with van der Waals surface area (Å²) in [5, 5.41) is 5.83. The van der Waals surface area contributed by atoms with Crippen molar-refractivity contribution in [3.05, 3.63) is 29.4 Å². The number of carbonyl (C=O) groups excluding carboxylic acids is 1. The fraction of sp³-hybridized carbons (Fsp3) is 0.526. The highest BCUT2D eigenvalue weighted by Gasteiger charge is 2.19. The number of amides is 1. The zero-order valence-corrected chi connectivity index (χ0v) is 15.2. The second-order valence-electron chi connectivity index (χ2n) is 6.95. The molecule has 5 nitrogen and oxygen atoms in total. The van der Waals surface area contributed by atoms with Crippen LogP contribution in [0.3, 0.4) is 0 Å². The van der Waals surface area contributed by atoms with Gasteiger partial charge in [-0.05, 0) is 37.8 Å². The van der Waals surface area contributed by atoms with Crippen molar-refractivity contribution in [3.63, 3.8) is 0 Å². The molecule has 2 aliphatic rings. The Hall–Kier alpha value is -1.95. The van der Waals surface area contributed by atoms with Gasteiger partial charge in [-0.3, -0.25) is 4.79 Å². The average molecular weight is 356 g/mol. The van der Waals surface area contributed by atoms with Crippen LogP contribution in [0.4, 0.5) is 5.82 Å². The van der Waals surface area contributed by atoms with E-state index in [1.165, 1.54) is 43.4 Å². The fourth-order valence-electron chi connectivity index (χ4n) is 3.66. The third-order valence-corrected chi connectivity index (χ3v) is 5.99. The van der Waals surface area contributed by atoms with Crippen molar-refractivity contribution < 1.29 is 4.79 Å². The van der Waals surface area contributed by atoms with Gasteiger partial charge in [0.05, 0.1) is 0 Å². The van der Waals surface area contributed by atoms with Crippen LogP contribution in [-0.4, -0.2) is 35.0 Å². The van der Waals surface area contributed by atoms with Gasteiger partial charge in [-0.25, -0.2) is 9.97 Å². The molecule has 1 aliphatic heterocycles. The lowest BCUT2D eigenvalue weighted by Crippen LogP contribution is -2.36. The number of hydrogen-bond donors (Lipinski definition) is 1. The highest BCUT2D eigenvalue weighted by Crippen LogP contribution is 2.26. The molecular formula is C19H24N4OS. The fourth-order valence-corrected chi connectivity index (χ4v) is 4.45. The Kier molecular flexibility index (Phi) is 4.97. The summed E-state index contributed by atoms with van der Waals surface area (Å²) < 4.78 is 0. The van der Waals surface area contributed by atoms with Crippen LogP contribution in [0.1, 0.15) is 55.4 Å². The minimum atomic E-state index is -0.0453. The minimum Gasteiger partial charge on any atom is -0.357 e. The molecule has 1 saturated carbocycles. The third kappa shape index (κ3) is 3.84. The molecule has 0 spiro atoms. The molecule has 6 heteroatoms. The number of nitrogens with zero attached hydrogens (tertiary/aromatic N) is 3. The molecule has 0 atom stereocenters. The first-order valence-electron chi connectivity index (χ1n) is 9.27. The number of hydrogen-bond acceptors (Lipinski definition) is 5. The molecule has 2 aromatic rings. The Labute approximate surface area is 152 Å². The molecule has 4 rings (SSSR count). The van der Waals surface area contributed by atoms with Gasteiger partial charge in [0.2, 0.25) is 0 Å². The van der Waals surface area contributed by atoms with Crippen LogP contribution in [0.2, 0.25) is 0 Å². The normalized spacial score (nSPS) is 18.5.